The van der Waals surface area contributed by atoms with Gasteiger partial charge in [0.2, 0.25) is 5.95 Å². The summed E-state index contributed by atoms with van der Waals surface area (Å²) in [7, 11) is 0. The number of rotatable bonds is 4. The lowest BCUT2D eigenvalue weighted by Gasteiger charge is -2.36. The molecule has 2 aromatic rings. The number of aromatic nitrogens is 3. The predicted molar refractivity (Wildman–Crippen MR) is 94.2 cm³/mol. The van der Waals surface area contributed by atoms with Gasteiger partial charge in [-0.1, -0.05) is 12.1 Å². The van der Waals surface area contributed by atoms with Gasteiger partial charge in [0, 0.05) is 37.9 Å². The highest BCUT2D eigenvalue weighted by atomic mass is 15.3. The first-order valence-corrected chi connectivity index (χ1v) is 8.14. The third-order valence-electron chi connectivity index (χ3n) is 3.93. The number of hydrogen-bond acceptors (Lipinski definition) is 6. The Labute approximate surface area is 137 Å². The zero-order valence-electron chi connectivity index (χ0n) is 14.0. The average molecular weight is 312 g/mol. The van der Waals surface area contributed by atoms with Gasteiger partial charge in [0.25, 0.3) is 0 Å². The first-order chi connectivity index (χ1) is 11.1. The monoisotopic (exact) mass is 312 g/mol. The van der Waals surface area contributed by atoms with Gasteiger partial charge in [0.05, 0.1) is 6.20 Å². The van der Waals surface area contributed by atoms with Crippen LogP contribution in [0.15, 0.2) is 30.5 Å². The summed E-state index contributed by atoms with van der Waals surface area (Å²) in [6.45, 7) is 10.1. The summed E-state index contributed by atoms with van der Waals surface area (Å²) in [5.74, 6) is 1.49. The fourth-order valence-electron chi connectivity index (χ4n) is 2.79. The molecule has 1 aromatic heterocycles. The van der Waals surface area contributed by atoms with E-state index in [0.29, 0.717) is 12.0 Å². The molecule has 0 atom stereocenters. The minimum Gasteiger partial charge on any atom is -0.368 e. The van der Waals surface area contributed by atoms with Crippen LogP contribution in [0.2, 0.25) is 0 Å². The van der Waals surface area contributed by atoms with E-state index in [-0.39, 0.29) is 0 Å². The summed E-state index contributed by atoms with van der Waals surface area (Å²) in [4.78, 5) is 9.26. The smallest absolute Gasteiger partial charge is 0.244 e. The molecule has 23 heavy (non-hydrogen) atoms. The normalized spacial score (nSPS) is 15.1. The molecular weight excluding hydrogens is 288 g/mol. The average Bonchev–Trinajstić information content (AvgIpc) is 2.55. The SMILES string of the molecule is Cc1cccc(N2CCN(c3cnnc(NC(C)C)n3)CC2)c1. The second kappa shape index (κ2) is 6.81. The number of piperazine rings is 1. The molecule has 0 spiro atoms. The number of aryl methyl sites for hydroxylation is 1. The molecule has 0 saturated carbocycles. The van der Waals surface area contributed by atoms with E-state index < -0.39 is 0 Å². The molecule has 0 radical (unpaired) electrons. The lowest BCUT2D eigenvalue weighted by molar-refractivity contribution is 0.644. The predicted octanol–water partition coefficient (Wildman–Crippen LogP) is 2.33. The van der Waals surface area contributed by atoms with Crippen LogP contribution >= 0.6 is 0 Å². The van der Waals surface area contributed by atoms with Crippen molar-refractivity contribution in [3.05, 3.63) is 36.0 Å². The van der Waals surface area contributed by atoms with Crippen LogP contribution in [0.5, 0.6) is 0 Å². The van der Waals surface area contributed by atoms with E-state index in [4.69, 9.17) is 0 Å². The molecule has 6 nitrogen and oxygen atoms in total. The van der Waals surface area contributed by atoms with Gasteiger partial charge in [-0.25, -0.2) is 0 Å². The van der Waals surface area contributed by atoms with Crippen molar-refractivity contribution >= 4 is 17.5 Å². The molecule has 0 aliphatic carbocycles. The standard InChI is InChI=1S/C17H24N6/c1-13(2)19-17-20-16(12-18-21-17)23-9-7-22(8-10-23)15-6-4-5-14(3)11-15/h4-6,11-13H,7-10H2,1-3H3,(H,19,20,21). The largest absolute Gasteiger partial charge is 0.368 e. The van der Waals surface area contributed by atoms with E-state index >= 15 is 0 Å². The second-order valence-electron chi connectivity index (χ2n) is 6.25. The first-order valence-electron chi connectivity index (χ1n) is 8.14. The van der Waals surface area contributed by atoms with Crippen molar-refractivity contribution in [2.75, 3.05) is 41.3 Å². The van der Waals surface area contributed by atoms with Gasteiger partial charge >= 0.3 is 0 Å². The van der Waals surface area contributed by atoms with Crippen LogP contribution < -0.4 is 15.1 Å². The van der Waals surface area contributed by atoms with Crippen molar-refractivity contribution in [2.45, 2.75) is 26.8 Å². The molecule has 1 N–H and O–H groups in total. The lowest BCUT2D eigenvalue weighted by atomic mass is 10.2. The number of nitrogens with zero attached hydrogens (tertiary/aromatic N) is 5. The Balaban J connectivity index is 1.65. The third kappa shape index (κ3) is 3.88. The highest BCUT2D eigenvalue weighted by molar-refractivity contribution is 5.51. The summed E-state index contributed by atoms with van der Waals surface area (Å²) in [5, 5.41) is 11.3. The van der Waals surface area contributed by atoms with E-state index in [2.05, 4.69) is 75.3 Å². The summed E-state index contributed by atoms with van der Waals surface area (Å²) in [5.41, 5.74) is 2.60. The molecule has 6 heteroatoms. The molecule has 1 aromatic carbocycles. The van der Waals surface area contributed by atoms with Crippen molar-refractivity contribution in [2.24, 2.45) is 0 Å². The van der Waals surface area contributed by atoms with Gasteiger partial charge in [-0.15, -0.1) is 5.10 Å². The van der Waals surface area contributed by atoms with Crippen molar-refractivity contribution in [1.82, 2.24) is 15.2 Å². The molecule has 1 fully saturated rings. The van der Waals surface area contributed by atoms with Crippen molar-refractivity contribution in [3.63, 3.8) is 0 Å². The maximum absolute atomic E-state index is 4.57. The van der Waals surface area contributed by atoms with Crippen molar-refractivity contribution in [3.8, 4) is 0 Å². The second-order valence-corrected chi connectivity index (χ2v) is 6.25. The van der Waals surface area contributed by atoms with E-state index in [1.165, 1.54) is 11.3 Å². The highest BCUT2D eigenvalue weighted by Gasteiger charge is 2.19. The van der Waals surface area contributed by atoms with Crippen LogP contribution in [0.25, 0.3) is 0 Å². The van der Waals surface area contributed by atoms with Crippen LogP contribution in [0.1, 0.15) is 19.4 Å². The molecule has 1 aliphatic heterocycles. The summed E-state index contributed by atoms with van der Waals surface area (Å²) in [6, 6.07) is 8.97. The quantitative estimate of drug-likeness (QED) is 0.935. The Kier molecular flexibility index (Phi) is 4.60. The fraction of sp³-hybridized carbons (Fsp3) is 0.471. The van der Waals surface area contributed by atoms with Gasteiger partial charge in [-0.2, -0.15) is 10.1 Å². The van der Waals surface area contributed by atoms with Crippen molar-refractivity contribution in [1.29, 1.82) is 0 Å². The highest BCUT2D eigenvalue weighted by Crippen LogP contribution is 2.20. The zero-order valence-corrected chi connectivity index (χ0v) is 14.0. The van der Waals surface area contributed by atoms with Crippen LogP contribution in [-0.2, 0) is 0 Å². The minimum atomic E-state index is 0.296. The number of anilines is 3. The summed E-state index contributed by atoms with van der Waals surface area (Å²) in [6.07, 6.45) is 1.74. The summed E-state index contributed by atoms with van der Waals surface area (Å²) >= 11 is 0. The zero-order chi connectivity index (χ0) is 16.2. The first kappa shape index (κ1) is 15.5. The Morgan fingerprint density at radius 3 is 2.52 bits per heavy atom. The molecule has 0 unspecified atom stereocenters. The van der Waals surface area contributed by atoms with E-state index in [1.54, 1.807) is 6.20 Å². The number of nitrogens with one attached hydrogen (secondary N) is 1. The molecule has 2 heterocycles. The van der Waals surface area contributed by atoms with Gasteiger partial charge in [-0.3, -0.25) is 0 Å². The van der Waals surface area contributed by atoms with Crippen LogP contribution in [0.3, 0.4) is 0 Å². The van der Waals surface area contributed by atoms with Crippen LogP contribution in [0.4, 0.5) is 17.5 Å². The minimum absolute atomic E-state index is 0.296. The number of hydrogen-bond donors (Lipinski definition) is 1. The maximum atomic E-state index is 4.57. The Hall–Kier alpha value is -2.37. The Morgan fingerprint density at radius 1 is 1.09 bits per heavy atom. The van der Waals surface area contributed by atoms with E-state index in [0.717, 1.165) is 32.0 Å². The molecule has 0 amide bonds. The van der Waals surface area contributed by atoms with Gasteiger partial charge in [-0.05, 0) is 38.5 Å². The topological polar surface area (TPSA) is 57.2 Å². The van der Waals surface area contributed by atoms with Gasteiger partial charge < -0.3 is 15.1 Å². The van der Waals surface area contributed by atoms with E-state index in [1.807, 2.05) is 0 Å². The summed E-state index contributed by atoms with van der Waals surface area (Å²) < 4.78 is 0. The fourth-order valence-corrected chi connectivity index (χ4v) is 2.79. The van der Waals surface area contributed by atoms with Crippen LogP contribution in [0, 0.1) is 6.92 Å². The molecular formula is C17H24N6. The van der Waals surface area contributed by atoms with Crippen LogP contribution in [-0.4, -0.2) is 47.4 Å². The lowest BCUT2D eigenvalue weighted by Crippen LogP contribution is -2.47. The molecule has 0 bridgehead atoms. The van der Waals surface area contributed by atoms with Gasteiger partial charge in [0.1, 0.15) is 0 Å². The number of benzene rings is 1. The molecule has 3 rings (SSSR count). The Morgan fingerprint density at radius 2 is 1.83 bits per heavy atom. The molecule has 1 saturated heterocycles. The molecule has 1 aliphatic rings. The van der Waals surface area contributed by atoms with Gasteiger partial charge in [0.15, 0.2) is 5.82 Å². The van der Waals surface area contributed by atoms with Crippen molar-refractivity contribution < 1.29 is 0 Å². The van der Waals surface area contributed by atoms with E-state index in [9.17, 15) is 0 Å². The molecule has 122 valence electrons. The maximum Gasteiger partial charge on any atom is 0.244 e. The third-order valence-corrected chi connectivity index (χ3v) is 3.93. The Bertz CT molecular complexity index is 649.